The maximum Gasteiger partial charge on any atom is 0.258 e. The molecule has 1 aliphatic heterocycles. The van der Waals surface area contributed by atoms with Gasteiger partial charge in [-0.1, -0.05) is 26.3 Å². The van der Waals surface area contributed by atoms with Gasteiger partial charge in [0.1, 0.15) is 11.8 Å². The lowest BCUT2D eigenvalue weighted by Gasteiger charge is -2.33. The van der Waals surface area contributed by atoms with Crippen LogP contribution in [0, 0.1) is 0 Å². The standard InChI is InChI=1S/C21H27N3O3/c1-13(2)15-9-10-16(18(25)12-15)21(26)24-11-4-3-8-17(24)20-23-22-19(27-20)14-6-5-7-14/h9-10,12-14,17,25H,3-8,11H2,1-2H3. The van der Waals surface area contributed by atoms with Crippen molar-refractivity contribution in [2.24, 2.45) is 0 Å². The lowest BCUT2D eigenvalue weighted by atomic mass is 9.85. The fourth-order valence-electron chi connectivity index (χ4n) is 3.88. The van der Waals surface area contributed by atoms with Crippen molar-refractivity contribution in [3.8, 4) is 5.75 Å². The van der Waals surface area contributed by atoms with Crippen LogP contribution in [0.3, 0.4) is 0 Å². The second kappa shape index (κ2) is 7.33. The fraction of sp³-hybridized carbons (Fsp3) is 0.571. The van der Waals surface area contributed by atoms with Crippen LogP contribution in [-0.4, -0.2) is 32.7 Å². The molecule has 6 heteroatoms. The van der Waals surface area contributed by atoms with Crippen molar-refractivity contribution in [3.63, 3.8) is 0 Å². The molecule has 0 radical (unpaired) electrons. The van der Waals surface area contributed by atoms with Gasteiger partial charge in [0, 0.05) is 12.5 Å². The smallest absolute Gasteiger partial charge is 0.258 e. The second-order valence-electron chi connectivity index (χ2n) is 8.05. The van der Waals surface area contributed by atoms with Gasteiger partial charge >= 0.3 is 0 Å². The molecule has 1 saturated heterocycles. The van der Waals surface area contributed by atoms with Crippen LogP contribution in [0.15, 0.2) is 22.6 Å². The Morgan fingerprint density at radius 2 is 1.93 bits per heavy atom. The minimum absolute atomic E-state index is 0.0382. The summed E-state index contributed by atoms with van der Waals surface area (Å²) in [7, 11) is 0. The number of aromatic nitrogens is 2. The van der Waals surface area contributed by atoms with E-state index in [1.165, 1.54) is 6.42 Å². The Balaban J connectivity index is 1.58. The molecule has 1 amide bonds. The van der Waals surface area contributed by atoms with Gasteiger partial charge in [0.15, 0.2) is 0 Å². The Morgan fingerprint density at radius 3 is 2.59 bits per heavy atom. The molecule has 2 fully saturated rings. The average Bonchev–Trinajstić information content (AvgIpc) is 3.08. The third-order valence-electron chi connectivity index (χ3n) is 5.88. The van der Waals surface area contributed by atoms with Crippen molar-refractivity contribution >= 4 is 5.91 Å². The molecule has 0 spiro atoms. The minimum atomic E-state index is -0.211. The molecule has 0 bridgehead atoms. The van der Waals surface area contributed by atoms with Crippen LogP contribution in [-0.2, 0) is 0 Å². The number of hydrogen-bond donors (Lipinski definition) is 1. The highest BCUT2D eigenvalue weighted by Gasteiger charge is 2.34. The van der Waals surface area contributed by atoms with Crippen molar-refractivity contribution in [1.82, 2.24) is 15.1 Å². The summed E-state index contributed by atoms with van der Waals surface area (Å²) in [5.74, 6) is 1.78. The van der Waals surface area contributed by atoms with Gasteiger partial charge in [-0.2, -0.15) is 0 Å². The summed E-state index contributed by atoms with van der Waals surface area (Å²) < 4.78 is 5.95. The molecule has 1 saturated carbocycles. The number of carbonyl (C=O) groups excluding carboxylic acids is 1. The Hall–Kier alpha value is -2.37. The third kappa shape index (κ3) is 3.45. The van der Waals surface area contributed by atoms with Gasteiger partial charge in [0.2, 0.25) is 11.8 Å². The summed E-state index contributed by atoms with van der Waals surface area (Å²) in [5.41, 5.74) is 1.35. The first-order chi connectivity index (χ1) is 13.0. The van der Waals surface area contributed by atoms with Crippen LogP contribution in [0.2, 0.25) is 0 Å². The van der Waals surface area contributed by atoms with Gasteiger partial charge in [0.05, 0.1) is 5.56 Å². The van der Waals surface area contributed by atoms with E-state index in [1.54, 1.807) is 17.0 Å². The van der Waals surface area contributed by atoms with E-state index in [-0.39, 0.29) is 17.7 Å². The predicted octanol–water partition coefficient (Wildman–Crippen LogP) is 4.53. The van der Waals surface area contributed by atoms with Crippen molar-refractivity contribution in [3.05, 3.63) is 41.1 Å². The van der Waals surface area contributed by atoms with E-state index in [9.17, 15) is 9.90 Å². The molecule has 2 heterocycles. The molecule has 2 aromatic rings. The number of hydrogen-bond acceptors (Lipinski definition) is 5. The van der Waals surface area contributed by atoms with Gasteiger partial charge in [-0.05, 0) is 55.7 Å². The van der Waals surface area contributed by atoms with Crippen LogP contribution in [0.4, 0.5) is 0 Å². The van der Waals surface area contributed by atoms with E-state index in [2.05, 4.69) is 24.0 Å². The number of phenols is 1. The number of nitrogens with zero attached hydrogens (tertiary/aromatic N) is 3. The first kappa shape index (κ1) is 18.0. The van der Waals surface area contributed by atoms with Crippen LogP contribution >= 0.6 is 0 Å². The van der Waals surface area contributed by atoms with E-state index in [0.717, 1.165) is 37.7 Å². The maximum atomic E-state index is 13.2. The minimum Gasteiger partial charge on any atom is -0.507 e. The molecule has 4 rings (SSSR count). The highest BCUT2D eigenvalue weighted by Crippen LogP contribution is 2.38. The highest BCUT2D eigenvalue weighted by atomic mass is 16.4. The molecule has 2 aliphatic rings. The Labute approximate surface area is 159 Å². The Kier molecular flexibility index (Phi) is 4.89. The Morgan fingerprint density at radius 1 is 1.15 bits per heavy atom. The zero-order chi connectivity index (χ0) is 19.0. The number of phenolic OH excluding ortho intramolecular Hbond substituents is 1. The molecular weight excluding hydrogens is 342 g/mol. The van der Waals surface area contributed by atoms with E-state index >= 15 is 0 Å². The van der Waals surface area contributed by atoms with E-state index in [4.69, 9.17) is 4.42 Å². The average molecular weight is 369 g/mol. The molecule has 1 unspecified atom stereocenters. The lowest BCUT2D eigenvalue weighted by Crippen LogP contribution is -2.38. The number of benzene rings is 1. The normalized spacial score (nSPS) is 20.7. The summed E-state index contributed by atoms with van der Waals surface area (Å²) in [6.45, 7) is 4.76. The van der Waals surface area contributed by atoms with E-state index in [0.29, 0.717) is 35.7 Å². The van der Waals surface area contributed by atoms with Gasteiger partial charge in [-0.25, -0.2) is 0 Å². The second-order valence-corrected chi connectivity index (χ2v) is 8.05. The number of rotatable bonds is 4. The number of piperidine rings is 1. The molecule has 1 aromatic heterocycles. The summed E-state index contributed by atoms with van der Waals surface area (Å²) >= 11 is 0. The van der Waals surface area contributed by atoms with Crippen LogP contribution in [0.5, 0.6) is 5.75 Å². The summed E-state index contributed by atoms with van der Waals surface area (Å²) in [6.07, 6.45) is 6.19. The van der Waals surface area contributed by atoms with Crippen LogP contribution in [0.1, 0.15) is 98.0 Å². The first-order valence-electron chi connectivity index (χ1n) is 10.0. The van der Waals surface area contributed by atoms with Crippen molar-refractivity contribution in [2.45, 2.75) is 70.3 Å². The number of amides is 1. The summed E-state index contributed by atoms with van der Waals surface area (Å²) in [5, 5.41) is 18.9. The summed E-state index contributed by atoms with van der Waals surface area (Å²) in [4.78, 5) is 15.0. The third-order valence-corrected chi connectivity index (χ3v) is 5.88. The predicted molar refractivity (Wildman–Crippen MR) is 101 cm³/mol. The molecule has 1 aliphatic carbocycles. The van der Waals surface area contributed by atoms with Gasteiger partial charge < -0.3 is 14.4 Å². The van der Waals surface area contributed by atoms with Crippen LogP contribution < -0.4 is 0 Å². The Bertz CT molecular complexity index is 826. The largest absolute Gasteiger partial charge is 0.507 e. The van der Waals surface area contributed by atoms with Gasteiger partial charge in [0.25, 0.3) is 5.91 Å². The quantitative estimate of drug-likeness (QED) is 0.856. The topological polar surface area (TPSA) is 79.5 Å². The number of aromatic hydroxyl groups is 1. The molecule has 6 nitrogen and oxygen atoms in total. The maximum absolute atomic E-state index is 13.2. The monoisotopic (exact) mass is 369 g/mol. The zero-order valence-corrected chi connectivity index (χ0v) is 16.0. The van der Waals surface area contributed by atoms with Gasteiger partial charge in [-0.15, -0.1) is 10.2 Å². The van der Waals surface area contributed by atoms with Crippen LogP contribution in [0.25, 0.3) is 0 Å². The molecule has 144 valence electrons. The molecule has 1 atom stereocenters. The molecule has 27 heavy (non-hydrogen) atoms. The molecule has 1 N–H and O–H groups in total. The molecular formula is C21H27N3O3. The van der Waals surface area contributed by atoms with E-state index < -0.39 is 0 Å². The summed E-state index contributed by atoms with van der Waals surface area (Å²) in [6, 6.07) is 5.12. The van der Waals surface area contributed by atoms with Crippen molar-refractivity contribution in [1.29, 1.82) is 0 Å². The number of carbonyl (C=O) groups is 1. The molecule has 1 aromatic carbocycles. The fourth-order valence-corrected chi connectivity index (χ4v) is 3.88. The van der Waals surface area contributed by atoms with Gasteiger partial charge in [-0.3, -0.25) is 4.79 Å². The highest BCUT2D eigenvalue weighted by molar-refractivity contribution is 5.97. The SMILES string of the molecule is CC(C)c1ccc(C(=O)N2CCCCC2c2nnc(C3CCC3)o2)c(O)c1. The zero-order valence-electron chi connectivity index (χ0n) is 16.0. The van der Waals surface area contributed by atoms with Crippen molar-refractivity contribution in [2.75, 3.05) is 6.54 Å². The van der Waals surface area contributed by atoms with E-state index in [1.807, 2.05) is 6.07 Å². The lowest BCUT2D eigenvalue weighted by molar-refractivity contribution is 0.0565. The number of likely N-dealkylation sites (tertiary alicyclic amines) is 1. The first-order valence-corrected chi connectivity index (χ1v) is 10.0. The van der Waals surface area contributed by atoms with Crippen molar-refractivity contribution < 1.29 is 14.3 Å².